The molecule has 3 atom stereocenters. The molecular formula is C17H28N2O2. The first-order valence-corrected chi connectivity index (χ1v) is 7.91. The van der Waals surface area contributed by atoms with E-state index in [1.165, 1.54) is 5.56 Å². The summed E-state index contributed by atoms with van der Waals surface area (Å²) < 4.78 is 11.3. The van der Waals surface area contributed by atoms with Gasteiger partial charge in [0.15, 0.2) is 0 Å². The molecule has 1 heterocycles. The van der Waals surface area contributed by atoms with Crippen LogP contribution in [0.4, 0.5) is 0 Å². The van der Waals surface area contributed by atoms with Crippen LogP contribution in [0.3, 0.4) is 0 Å². The number of benzene rings is 1. The number of rotatable bonds is 6. The molecule has 3 unspecified atom stereocenters. The monoisotopic (exact) mass is 292 g/mol. The molecule has 0 saturated carbocycles. The maximum absolute atomic E-state index is 5.99. The standard InChI is InChI=1S/C17H28N2O2/c1-4-21-17-8-6-5-7-16(17)13(2)19-10-9-15(20-3)11-14(19)12-18/h5-8,13-15H,4,9-12,18H2,1-3H3. The van der Waals surface area contributed by atoms with Crippen molar-refractivity contribution in [3.8, 4) is 5.75 Å². The summed E-state index contributed by atoms with van der Waals surface area (Å²) in [7, 11) is 1.79. The van der Waals surface area contributed by atoms with Crippen LogP contribution in [0.15, 0.2) is 24.3 Å². The first-order chi connectivity index (χ1) is 10.2. The van der Waals surface area contributed by atoms with Crippen molar-refractivity contribution in [2.75, 3.05) is 26.8 Å². The van der Waals surface area contributed by atoms with Crippen molar-refractivity contribution in [3.63, 3.8) is 0 Å². The highest BCUT2D eigenvalue weighted by Gasteiger charge is 2.31. The van der Waals surface area contributed by atoms with E-state index in [1.807, 2.05) is 13.0 Å². The Morgan fingerprint density at radius 2 is 2.14 bits per heavy atom. The largest absolute Gasteiger partial charge is 0.494 e. The van der Waals surface area contributed by atoms with Crippen molar-refractivity contribution in [2.24, 2.45) is 5.73 Å². The maximum atomic E-state index is 5.99. The SMILES string of the molecule is CCOc1ccccc1C(C)N1CCC(OC)CC1CN. The molecule has 1 aliphatic rings. The van der Waals surface area contributed by atoms with Gasteiger partial charge in [0.1, 0.15) is 5.75 Å². The molecule has 1 fully saturated rings. The summed E-state index contributed by atoms with van der Waals surface area (Å²) in [6, 6.07) is 8.99. The number of hydrogen-bond donors (Lipinski definition) is 1. The zero-order valence-electron chi connectivity index (χ0n) is 13.4. The van der Waals surface area contributed by atoms with Gasteiger partial charge < -0.3 is 15.2 Å². The molecule has 0 spiro atoms. The second-order valence-corrected chi connectivity index (χ2v) is 5.66. The third-order valence-electron chi connectivity index (χ3n) is 4.49. The van der Waals surface area contributed by atoms with Gasteiger partial charge in [-0.15, -0.1) is 0 Å². The smallest absolute Gasteiger partial charge is 0.124 e. The summed E-state index contributed by atoms with van der Waals surface area (Å²) in [6.07, 6.45) is 2.41. The fourth-order valence-electron chi connectivity index (χ4n) is 3.28. The first kappa shape index (κ1) is 16.3. The van der Waals surface area contributed by atoms with Crippen LogP contribution >= 0.6 is 0 Å². The van der Waals surface area contributed by atoms with Gasteiger partial charge in [-0.3, -0.25) is 4.90 Å². The van der Waals surface area contributed by atoms with Gasteiger partial charge in [0.2, 0.25) is 0 Å². The summed E-state index contributed by atoms with van der Waals surface area (Å²) in [5.41, 5.74) is 7.24. The highest BCUT2D eigenvalue weighted by molar-refractivity contribution is 5.35. The summed E-state index contributed by atoms with van der Waals surface area (Å²) in [5.74, 6) is 0.983. The zero-order valence-corrected chi connectivity index (χ0v) is 13.4. The molecule has 0 aromatic heterocycles. The minimum absolute atomic E-state index is 0.305. The average Bonchev–Trinajstić information content (AvgIpc) is 2.54. The van der Waals surface area contributed by atoms with Crippen LogP contribution in [0.25, 0.3) is 0 Å². The van der Waals surface area contributed by atoms with Gasteiger partial charge in [0, 0.05) is 37.8 Å². The molecule has 1 aromatic carbocycles. The third-order valence-corrected chi connectivity index (χ3v) is 4.49. The van der Waals surface area contributed by atoms with Crippen LogP contribution in [0.2, 0.25) is 0 Å². The number of likely N-dealkylation sites (tertiary alicyclic amines) is 1. The molecule has 1 aromatic rings. The number of nitrogens with two attached hydrogens (primary N) is 1. The Morgan fingerprint density at radius 3 is 2.81 bits per heavy atom. The lowest BCUT2D eigenvalue weighted by molar-refractivity contribution is -0.00201. The van der Waals surface area contributed by atoms with Crippen molar-refractivity contribution in [1.82, 2.24) is 4.90 Å². The van der Waals surface area contributed by atoms with E-state index in [0.717, 1.165) is 25.1 Å². The molecule has 0 radical (unpaired) electrons. The van der Waals surface area contributed by atoms with Gasteiger partial charge in [-0.25, -0.2) is 0 Å². The number of para-hydroxylation sites is 1. The van der Waals surface area contributed by atoms with E-state index in [9.17, 15) is 0 Å². The molecule has 4 nitrogen and oxygen atoms in total. The number of nitrogens with zero attached hydrogens (tertiary/aromatic N) is 1. The Bertz CT molecular complexity index is 439. The molecule has 1 aliphatic heterocycles. The van der Waals surface area contributed by atoms with Crippen LogP contribution in [0.1, 0.15) is 38.3 Å². The summed E-state index contributed by atoms with van der Waals surface area (Å²) in [5, 5.41) is 0. The van der Waals surface area contributed by atoms with Gasteiger partial charge in [-0.1, -0.05) is 18.2 Å². The minimum Gasteiger partial charge on any atom is -0.494 e. The van der Waals surface area contributed by atoms with Crippen molar-refractivity contribution < 1.29 is 9.47 Å². The fraction of sp³-hybridized carbons (Fsp3) is 0.647. The van der Waals surface area contributed by atoms with Crippen LogP contribution in [-0.4, -0.2) is 43.9 Å². The molecule has 0 aliphatic carbocycles. The lowest BCUT2D eigenvalue weighted by Crippen LogP contribution is -2.49. The van der Waals surface area contributed by atoms with Crippen molar-refractivity contribution >= 4 is 0 Å². The molecule has 2 rings (SSSR count). The van der Waals surface area contributed by atoms with Gasteiger partial charge in [-0.2, -0.15) is 0 Å². The van der Waals surface area contributed by atoms with E-state index in [-0.39, 0.29) is 0 Å². The second-order valence-electron chi connectivity index (χ2n) is 5.66. The average molecular weight is 292 g/mol. The van der Waals surface area contributed by atoms with Crippen LogP contribution in [0.5, 0.6) is 5.75 Å². The Labute approximate surface area is 128 Å². The predicted molar refractivity (Wildman–Crippen MR) is 85.6 cm³/mol. The zero-order chi connectivity index (χ0) is 15.2. The van der Waals surface area contributed by atoms with Gasteiger partial charge in [0.25, 0.3) is 0 Å². The Morgan fingerprint density at radius 1 is 1.38 bits per heavy atom. The minimum atomic E-state index is 0.305. The number of hydrogen-bond acceptors (Lipinski definition) is 4. The third kappa shape index (κ3) is 3.76. The highest BCUT2D eigenvalue weighted by Crippen LogP contribution is 2.33. The van der Waals surface area contributed by atoms with Crippen molar-refractivity contribution in [2.45, 2.75) is 44.9 Å². The van der Waals surface area contributed by atoms with E-state index >= 15 is 0 Å². The lowest BCUT2D eigenvalue weighted by Gasteiger charge is -2.42. The normalized spacial score (nSPS) is 24.8. The molecule has 21 heavy (non-hydrogen) atoms. The first-order valence-electron chi connectivity index (χ1n) is 7.91. The lowest BCUT2D eigenvalue weighted by atomic mass is 9.95. The van der Waals surface area contributed by atoms with E-state index < -0.39 is 0 Å². The van der Waals surface area contributed by atoms with Crippen LogP contribution in [-0.2, 0) is 4.74 Å². The molecule has 2 N–H and O–H groups in total. The summed E-state index contributed by atoms with van der Waals surface area (Å²) in [6.45, 7) is 6.64. The van der Waals surface area contributed by atoms with Crippen molar-refractivity contribution in [3.05, 3.63) is 29.8 Å². The summed E-state index contributed by atoms with van der Waals surface area (Å²) in [4.78, 5) is 2.49. The Kier molecular flexibility index (Phi) is 6.03. The highest BCUT2D eigenvalue weighted by atomic mass is 16.5. The van der Waals surface area contributed by atoms with Gasteiger partial charge in [0.05, 0.1) is 12.7 Å². The number of ether oxygens (including phenoxy) is 2. The van der Waals surface area contributed by atoms with Crippen LogP contribution in [0, 0.1) is 0 Å². The number of piperidine rings is 1. The van der Waals surface area contributed by atoms with E-state index in [0.29, 0.717) is 31.3 Å². The molecule has 118 valence electrons. The molecule has 4 heteroatoms. The Hall–Kier alpha value is -1.10. The molecule has 1 saturated heterocycles. The topological polar surface area (TPSA) is 47.7 Å². The van der Waals surface area contributed by atoms with Gasteiger partial charge >= 0.3 is 0 Å². The van der Waals surface area contributed by atoms with E-state index in [2.05, 4.69) is 30.0 Å². The van der Waals surface area contributed by atoms with Crippen molar-refractivity contribution in [1.29, 1.82) is 0 Å². The molecule has 0 bridgehead atoms. The van der Waals surface area contributed by atoms with Crippen LogP contribution < -0.4 is 10.5 Å². The second kappa shape index (κ2) is 7.78. The predicted octanol–water partition coefficient (Wildman–Crippen LogP) is 2.58. The fourth-order valence-corrected chi connectivity index (χ4v) is 3.28. The molecular weight excluding hydrogens is 264 g/mol. The Balaban J connectivity index is 2.17. The van der Waals surface area contributed by atoms with E-state index in [1.54, 1.807) is 7.11 Å². The van der Waals surface area contributed by atoms with E-state index in [4.69, 9.17) is 15.2 Å². The number of methoxy groups -OCH3 is 1. The maximum Gasteiger partial charge on any atom is 0.124 e. The van der Waals surface area contributed by atoms with Gasteiger partial charge in [-0.05, 0) is 32.8 Å². The summed E-state index contributed by atoms with van der Waals surface area (Å²) >= 11 is 0. The molecule has 0 amide bonds. The quantitative estimate of drug-likeness (QED) is 0.875.